The highest BCUT2D eigenvalue weighted by atomic mass is 16.5. The molecule has 0 saturated heterocycles. The SMILES string of the molecule is COc1ccccc1CNC(=O)CCc1cc2cc(C)cc(C)c2[nH]c1=O. The fourth-order valence-electron chi connectivity index (χ4n) is 3.30. The summed E-state index contributed by atoms with van der Waals surface area (Å²) in [6, 6.07) is 13.6. The van der Waals surface area contributed by atoms with E-state index >= 15 is 0 Å². The Morgan fingerprint density at radius 3 is 2.67 bits per heavy atom. The Morgan fingerprint density at radius 1 is 1.11 bits per heavy atom. The Morgan fingerprint density at radius 2 is 1.89 bits per heavy atom. The van der Waals surface area contributed by atoms with Crippen LogP contribution in [0.2, 0.25) is 0 Å². The first kappa shape index (κ1) is 18.7. The number of hydrogen-bond acceptors (Lipinski definition) is 3. The van der Waals surface area contributed by atoms with Gasteiger partial charge in [-0.2, -0.15) is 0 Å². The van der Waals surface area contributed by atoms with Gasteiger partial charge in [0.25, 0.3) is 5.56 Å². The number of ether oxygens (including phenoxy) is 1. The molecule has 2 N–H and O–H groups in total. The van der Waals surface area contributed by atoms with Crippen LogP contribution in [0.5, 0.6) is 5.75 Å². The fraction of sp³-hybridized carbons (Fsp3) is 0.273. The topological polar surface area (TPSA) is 71.2 Å². The number of hydrogen-bond donors (Lipinski definition) is 2. The number of methoxy groups -OCH3 is 1. The molecule has 27 heavy (non-hydrogen) atoms. The van der Waals surface area contributed by atoms with Crippen molar-refractivity contribution in [1.82, 2.24) is 10.3 Å². The van der Waals surface area contributed by atoms with Crippen LogP contribution in [0.15, 0.2) is 47.3 Å². The van der Waals surface area contributed by atoms with E-state index in [4.69, 9.17) is 4.74 Å². The number of aromatic nitrogens is 1. The molecule has 0 bridgehead atoms. The minimum Gasteiger partial charge on any atom is -0.496 e. The molecule has 0 aliphatic heterocycles. The van der Waals surface area contributed by atoms with Crippen molar-refractivity contribution < 1.29 is 9.53 Å². The number of amides is 1. The standard InChI is InChI=1S/C22H24N2O3/c1-14-10-15(2)21-18(11-14)12-16(22(26)24-21)8-9-20(25)23-13-17-6-4-5-7-19(17)27-3/h4-7,10-12H,8-9,13H2,1-3H3,(H,23,25)(H,24,26). The molecule has 140 valence electrons. The van der Waals surface area contributed by atoms with Crippen LogP contribution in [0.25, 0.3) is 10.9 Å². The summed E-state index contributed by atoms with van der Waals surface area (Å²) in [7, 11) is 1.61. The lowest BCUT2D eigenvalue weighted by molar-refractivity contribution is -0.121. The molecule has 0 spiro atoms. The summed E-state index contributed by atoms with van der Waals surface area (Å²) in [5, 5.41) is 3.88. The summed E-state index contributed by atoms with van der Waals surface area (Å²) in [6.07, 6.45) is 0.657. The highest BCUT2D eigenvalue weighted by molar-refractivity contribution is 5.83. The number of nitrogens with one attached hydrogen (secondary N) is 2. The number of rotatable bonds is 6. The Hall–Kier alpha value is -3.08. The summed E-state index contributed by atoms with van der Waals surface area (Å²) >= 11 is 0. The lowest BCUT2D eigenvalue weighted by Gasteiger charge is -2.10. The number of carbonyl (C=O) groups excluding carboxylic acids is 1. The first-order valence-corrected chi connectivity index (χ1v) is 8.99. The van der Waals surface area contributed by atoms with Crippen LogP contribution >= 0.6 is 0 Å². The van der Waals surface area contributed by atoms with Gasteiger partial charge in [0.15, 0.2) is 0 Å². The van der Waals surface area contributed by atoms with Crippen LogP contribution in [-0.2, 0) is 17.8 Å². The Labute approximate surface area is 158 Å². The van der Waals surface area contributed by atoms with Crippen molar-refractivity contribution in [1.29, 1.82) is 0 Å². The van der Waals surface area contributed by atoms with E-state index in [-0.39, 0.29) is 17.9 Å². The number of fused-ring (bicyclic) bond motifs is 1. The lowest BCUT2D eigenvalue weighted by atomic mass is 10.0. The first-order valence-electron chi connectivity index (χ1n) is 8.99. The van der Waals surface area contributed by atoms with Crippen molar-refractivity contribution in [3.8, 4) is 5.75 Å². The minimum absolute atomic E-state index is 0.0965. The molecule has 2 aromatic carbocycles. The van der Waals surface area contributed by atoms with E-state index in [0.717, 1.165) is 33.3 Å². The second-order valence-corrected chi connectivity index (χ2v) is 6.76. The quantitative estimate of drug-likeness (QED) is 0.704. The van der Waals surface area contributed by atoms with Gasteiger partial charge in [0.05, 0.1) is 12.6 Å². The normalized spacial score (nSPS) is 10.8. The third kappa shape index (κ3) is 4.37. The summed E-state index contributed by atoms with van der Waals surface area (Å²) in [5.41, 5.74) is 4.46. The van der Waals surface area contributed by atoms with Gasteiger partial charge >= 0.3 is 0 Å². The zero-order valence-electron chi connectivity index (χ0n) is 15.9. The number of H-pyrrole nitrogens is 1. The van der Waals surface area contributed by atoms with Crippen molar-refractivity contribution in [3.63, 3.8) is 0 Å². The van der Waals surface area contributed by atoms with Crippen LogP contribution in [0.4, 0.5) is 0 Å². The van der Waals surface area contributed by atoms with Gasteiger partial charge in [0.2, 0.25) is 5.91 Å². The maximum Gasteiger partial charge on any atom is 0.251 e. The van der Waals surface area contributed by atoms with Crippen LogP contribution in [-0.4, -0.2) is 18.0 Å². The molecule has 1 aromatic heterocycles. The summed E-state index contributed by atoms with van der Waals surface area (Å²) in [6.45, 7) is 4.41. The molecule has 5 nitrogen and oxygen atoms in total. The van der Waals surface area contributed by atoms with Crippen LogP contribution < -0.4 is 15.6 Å². The molecule has 1 amide bonds. The maximum atomic E-state index is 12.3. The Balaban J connectivity index is 1.66. The molecule has 0 radical (unpaired) electrons. The predicted molar refractivity (Wildman–Crippen MR) is 107 cm³/mol. The van der Waals surface area contributed by atoms with Crippen molar-refractivity contribution in [2.24, 2.45) is 0 Å². The van der Waals surface area contributed by atoms with Gasteiger partial charge in [-0.05, 0) is 49.4 Å². The first-order chi connectivity index (χ1) is 13.0. The highest BCUT2D eigenvalue weighted by Crippen LogP contribution is 2.19. The molecule has 0 saturated carbocycles. The molecular weight excluding hydrogens is 340 g/mol. The molecule has 1 heterocycles. The highest BCUT2D eigenvalue weighted by Gasteiger charge is 2.09. The van der Waals surface area contributed by atoms with E-state index < -0.39 is 0 Å². The number of aromatic amines is 1. The molecule has 3 rings (SSSR count). The van der Waals surface area contributed by atoms with E-state index in [1.165, 1.54) is 0 Å². The van der Waals surface area contributed by atoms with Gasteiger partial charge in [-0.15, -0.1) is 0 Å². The largest absolute Gasteiger partial charge is 0.496 e. The van der Waals surface area contributed by atoms with Crippen molar-refractivity contribution in [3.05, 3.63) is 75.1 Å². The lowest BCUT2D eigenvalue weighted by Crippen LogP contribution is -2.24. The number of benzene rings is 2. The van der Waals surface area contributed by atoms with E-state index in [2.05, 4.69) is 10.3 Å². The van der Waals surface area contributed by atoms with Gasteiger partial charge in [-0.3, -0.25) is 9.59 Å². The number of para-hydroxylation sites is 1. The minimum atomic E-state index is -0.132. The smallest absolute Gasteiger partial charge is 0.251 e. The van der Waals surface area contributed by atoms with E-state index in [1.807, 2.05) is 56.3 Å². The molecular formula is C22H24N2O3. The monoisotopic (exact) mass is 364 g/mol. The maximum absolute atomic E-state index is 12.3. The van der Waals surface area contributed by atoms with Gasteiger partial charge in [0.1, 0.15) is 5.75 Å². The van der Waals surface area contributed by atoms with Gasteiger partial charge < -0.3 is 15.0 Å². The summed E-state index contributed by atoms with van der Waals surface area (Å²) < 4.78 is 5.29. The zero-order valence-corrected chi connectivity index (χ0v) is 15.9. The number of aryl methyl sites for hydroxylation is 3. The van der Waals surface area contributed by atoms with E-state index in [9.17, 15) is 9.59 Å². The second kappa shape index (κ2) is 8.08. The van der Waals surface area contributed by atoms with Crippen LogP contribution in [0.3, 0.4) is 0 Å². The van der Waals surface area contributed by atoms with Crippen molar-refractivity contribution in [2.75, 3.05) is 7.11 Å². The average Bonchev–Trinajstić information content (AvgIpc) is 2.65. The van der Waals surface area contributed by atoms with Crippen LogP contribution in [0, 0.1) is 13.8 Å². The number of pyridine rings is 1. The molecule has 3 aromatic rings. The molecule has 5 heteroatoms. The Bertz CT molecular complexity index is 1040. The summed E-state index contributed by atoms with van der Waals surface area (Å²) in [4.78, 5) is 27.5. The van der Waals surface area contributed by atoms with Crippen LogP contribution in [0.1, 0.15) is 28.7 Å². The zero-order chi connectivity index (χ0) is 19.4. The molecule has 0 atom stereocenters. The van der Waals surface area contributed by atoms with E-state index in [0.29, 0.717) is 18.5 Å². The summed E-state index contributed by atoms with van der Waals surface area (Å²) in [5.74, 6) is 0.648. The number of carbonyl (C=O) groups is 1. The van der Waals surface area contributed by atoms with Gasteiger partial charge in [-0.1, -0.05) is 29.8 Å². The third-order valence-corrected chi connectivity index (χ3v) is 4.66. The molecule has 0 fully saturated rings. The third-order valence-electron chi connectivity index (χ3n) is 4.66. The average molecular weight is 364 g/mol. The molecule has 0 unspecified atom stereocenters. The van der Waals surface area contributed by atoms with E-state index in [1.54, 1.807) is 7.11 Å². The molecule has 0 aliphatic carbocycles. The van der Waals surface area contributed by atoms with Gasteiger partial charge in [0, 0.05) is 24.1 Å². The van der Waals surface area contributed by atoms with Crippen molar-refractivity contribution in [2.45, 2.75) is 33.2 Å². The van der Waals surface area contributed by atoms with Gasteiger partial charge in [-0.25, -0.2) is 0 Å². The van der Waals surface area contributed by atoms with Crippen molar-refractivity contribution >= 4 is 16.8 Å². The second-order valence-electron chi connectivity index (χ2n) is 6.76. The fourth-order valence-corrected chi connectivity index (χ4v) is 3.30. The molecule has 0 aliphatic rings. The predicted octanol–water partition coefficient (Wildman–Crippen LogP) is 3.40. The Kier molecular flexibility index (Phi) is 5.60.